The van der Waals surface area contributed by atoms with Gasteiger partial charge in [0.05, 0.1) is 5.41 Å². The van der Waals surface area contributed by atoms with Gasteiger partial charge >= 0.3 is 0 Å². The lowest BCUT2D eigenvalue weighted by Gasteiger charge is -2.28. The van der Waals surface area contributed by atoms with Crippen molar-refractivity contribution in [3.63, 3.8) is 0 Å². The maximum absolute atomic E-state index is 11.3. The van der Waals surface area contributed by atoms with Crippen LogP contribution in [0.25, 0.3) is 0 Å². The molecule has 1 rings (SSSR count). The molecule has 80 valence electrons. The summed E-state index contributed by atoms with van der Waals surface area (Å²) in [5, 5.41) is 0. The van der Waals surface area contributed by atoms with Crippen LogP contribution in [0.15, 0.2) is 36.9 Å². The second kappa shape index (κ2) is 4.43. The summed E-state index contributed by atoms with van der Waals surface area (Å²) in [6, 6.07) is 8.10. The van der Waals surface area contributed by atoms with Gasteiger partial charge < -0.3 is 4.79 Å². The lowest BCUT2D eigenvalue weighted by Crippen LogP contribution is -2.30. The van der Waals surface area contributed by atoms with E-state index in [4.69, 9.17) is 0 Å². The summed E-state index contributed by atoms with van der Waals surface area (Å²) >= 11 is 0. The number of aldehydes is 1. The molecule has 1 heteroatoms. The van der Waals surface area contributed by atoms with Crippen molar-refractivity contribution < 1.29 is 4.79 Å². The van der Waals surface area contributed by atoms with E-state index in [0.717, 1.165) is 11.8 Å². The van der Waals surface area contributed by atoms with E-state index < -0.39 is 5.41 Å². The standard InChI is InChI=1S/C14H18O/c1-5-12(3)14(4,10-15)13-8-6-11(2)7-9-13/h5-10,12H,1H2,2-4H3. The molecule has 1 nitrogen and oxygen atoms in total. The quantitative estimate of drug-likeness (QED) is 0.541. The van der Waals surface area contributed by atoms with Crippen LogP contribution in [0.5, 0.6) is 0 Å². The second-order valence-corrected chi connectivity index (χ2v) is 4.29. The van der Waals surface area contributed by atoms with E-state index in [1.54, 1.807) is 0 Å². The summed E-state index contributed by atoms with van der Waals surface area (Å²) in [7, 11) is 0. The van der Waals surface area contributed by atoms with E-state index in [1.165, 1.54) is 5.56 Å². The van der Waals surface area contributed by atoms with Gasteiger partial charge in [0.15, 0.2) is 0 Å². The van der Waals surface area contributed by atoms with Crippen LogP contribution in [0.3, 0.4) is 0 Å². The molecule has 0 aliphatic carbocycles. The molecule has 0 fully saturated rings. The summed E-state index contributed by atoms with van der Waals surface area (Å²) in [6.45, 7) is 9.77. The zero-order valence-corrected chi connectivity index (χ0v) is 9.66. The van der Waals surface area contributed by atoms with Crippen molar-refractivity contribution in [1.82, 2.24) is 0 Å². The van der Waals surface area contributed by atoms with Gasteiger partial charge in [0.1, 0.15) is 6.29 Å². The first kappa shape index (κ1) is 11.7. The second-order valence-electron chi connectivity index (χ2n) is 4.29. The molecule has 0 amide bonds. The van der Waals surface area contributed by atoms with Gasteiger partial charge in [-0.2, -0.15) is 0 Å². The molecule has 0 spiro atoms. The van der Waals surface area contributed by atoms with Crippen molar-refractivity contribution in [2.45, 2.75) is 26.2 Å². The van der Waals surface area contributed by atoms with Gasteiger partial charge in [-0.05, 0) is 25.3 Å². The van der Waals surface area contributed by atoms with E-state index >= 15 is 0 Å². The summed E-state index contributed by atoms with van der Waals surface area (Å²) in [6.07, 6.45) is 2.85. The van der Waals surface area contributed by atoms with E-state index in [0.29, 0.717) is 0 Å². The molecular formula is C14H18O. The lowest BCUT2D eigenvalue weighted by molar-refractivity contribution is -0.113. The Hall–Kier alpha value is -1.37. The predicted molar refractivity (Wildman–Crippen MR) is 64.0 cm³/mol. The fourth-order valence-corrected chi connectivity index (χ4v) is 1.60. The highest BCUT2D eigenvalue weighted by molar-refractivity contribution is 5.69. The molecule has 0 radical (unpaired) electrons. The fraction of sp³-hybridized carbons (Fsp3) is 0.357. The smallest absolute Gasteiger partial charge is 0.130 e. The first-order valence-corrected chi connectivity index (χ1v) is 5.20. The maximum Gasteiger partial charge on any atom is 0.130 e. The highest BCUT2D eigenvalue weighted by atomic mass is 16.1. The third kappa shape index (κ3) is 2.17. The highest BCUT2D eigenvalue weighted by Gasteiger charge is 2.30. The molecular weight excluding hydrogens is 184 g/mol. The molecule has 0 aromatic heterocycles. The zero-order chi connectivity index (χ0) is 11.5. The lowest BCUT2D eigenvalue weighted by atomic mass is 9.74. The Bertz CT molecular complexity index is 350. The van der Waals surface area contributed by atoms with Crippen molar-refractivity contribution in [2.75, 3.05) is 0 Å². The van der Waals surface area contributed by atoms with Crippen molar-refractivity contribution in [3.8, 4) is 0 Å². The number of benzene rings is 1. The fourth-order valence-electron chi connectivity index (χ4n) is 1.60. The molecule has 0 bridgehead atoms. The first-order valence-electron chi connectivity index (χ1n) is 5.20. The van der Waals surface area contributed by atoms with Crippen molar-refractivity contribution in [1.29, 1.82) is 0 Å². The normalized spacial score (nSPS) is 16.5. The number of rotatable bonds is 4. The van der Waals surface area contributed by atoms with Gasteiger partial charge in [-0.1, -0.05) is 42.8 Å². The van der Waals surface area contributed by atoms with Crippen molar-refractivity contribution in [2.24, 2.45) is 5.92 Å². The first-order chi connectivity index (χ1) is 7.04. The Morgan fingerprint density at radius 3 is 2.27 bits per heavy atom. The van der Waals surface area contributed by atoms with Crippen LogP contribution in [0.4, 0.5) is 0 Å². The number of allylic oxidation sites excluding steroid dienone is 1. The topological polar surface area (TPSA) is 17.1 Å². The largest absolute Gasteiger partial charge is 0.302 e. The number of carbonyl (C=O) groups is 1. The Kier molecular flexibility index (Phi) is 3.46. The van der Waals surface area contributed by atoms with Gasteiger partial charge in [0.2, 0.25) is 0 Å². The SMILES string of the molecule is C=CC(C)C(C)(C=O)c1ccc(C)cc1. The molecule has 15 heavy (non-hydrogen) atoms. The Morgan fingerprint density at radius 1 is 1.33 bits per heavy atom. The number of hydrogen-bond acceptors (Lipinski definition) is 1. The molecule has 0 aliphatic heterocycles. The minimum Gasteiger partial charge on any atom is -0.302 e. The van der Waals surface area contributed by atoms with Crippen molar-refractivity contribution >= 4 is 6.29 Å². The monoisotopic (exact) mass is 202 g/mol. The molecule has 0 saturated carbocycles. The van der Waals surface area contributed by atoms with Crippen LogP contribution < -0.4 is 0 Å². The summed E-state index contributed by atoms with van der Waals surface area (Å²) in [5.41, 5.74) is 1.80. The minimum absolute atomic E-state index is 0.137. The van der Waals surface area contributed by atoms with Gasteiger partial charge in [0, 0.05) is 0 Å². The summed E-state index contributed by atoms with van der Waals surface area (Å²) in [4.78, 5) is 11.3. The van der Waals surface area contributed by atoms with E-state index in [2.05, 4.69) is 6.58 Å². The zero-order valence-electron chi connectivity index (χ0n) is 9.66. The maximum atomic E-state index is 11.3. The van der Waals surface area contributed by atoms with Gasteiger partial charge in [-0.3, -0.25) is 0 Å². The summed E-state index contributed by atoms with van der Waals surface area (Å²) in [5.74, 6) is 0.137. The van der Waals surface area contributed by atoms with Crippen LogP contribution in [-0.2, 0) is 10.2 Å². The van der Waals surface area contributed by atoms with Gasteiger partial charge in [-0.15, -0.1) is 6.58 Å². The molecule has 2 atom stereocenters. The Labute approximate surface area is 91.8 Å². The van der Waals surface area contributed by atoms with E-state index in [1.807, 2.05) is 51.1 Å². The minimum atomic E-state index is -0.463. The van der Waals surface area contributed by atoms with Crippen LogP contribution in [0, 0.1) is 12.8 Å². The average molecular weight is 202 g/mol. The predicted octanol–water partition coefficient (Wildman–Crippen LogP) is 3.27. The third-order valence-electron chi connectivity index (χ3n) is 3.22. The molecule has 2 unspecified atom stereocenters. The Balaban J connectivity index is 3.16. The number of hydrogen-bond donors (Lipinski definition) is 0. The van der Waals surface area contributed by atoms with Crippen LogP contribution in [0.2, 0.25) is 0 Å². The summed E-state index contributed by atoms with van der Waals surface area (Å²) < 4.78 is 0. The van der Waals surface area contributed by atoms with Crippen LogP contribution in [0.1, 0.15) is 25.0 Å². The molecule has 0 N–H and O–H groups in total. The number of carbonyl (C=O) groups excluding carboxylic acids is 1. The van der Waals surface area contributed by atoms with Gasteiger partial charge in [-0.25, -0.2) is 0 Å². The number of aryl methyl sites for hydroxylation is 1. The molecule has 0 saturated heterocycles. The molecule has 1 aromatic carbocycles. The molecule has 1 aromatic rings. The molecule has 0 heterocycles. The van der Waals surface area contributed by atoms with Crippen LogP contribution >= 0.6 is 0 Å². The van der Waals surface area contributed by atoms with Gasteiger partial charge in [0.25, 0.3) is 0 Å². The molecule has 0 aliphatic rings. The third-order valence-corrected chi connectivity index (χ3v) is 3.22. The van der Waals surface area contributed by atoms with Crippen molar-refractivity contribution in [3.05, 3.63) is 48.0 Å². The average Bonchev–Trinajstić information content (AvgIpc) is 2.27. The highest BCUT2D eigenvalue weighted by Crippen LogP contribution is 2.30. The van der Waals surface area contributed by atoms with Crippen LogP contribution in [-0.4, -0.2) is 6.29 Å². The van der Waals surface area contributed by atoms with E-state index in [9.17, 15) is 4.79 Å². The van der Waals surface area contributed by atoms with E-state index in [-0.39, 0.29) is 5.92 Å². The Morgan fingerprint density at radius 2 is 1.87 bits per heavy atom.